The zero-order valence-electron chi connectivity index (χ0n) is 9.49. The minimum absolute atomic E-state index is 0.0431. The van der Waals surface area contributed by atoms with Crippen LogP contribution >= 0.6 is 15.9 Å². The Balaban J connectivity index is 2.22. The number of hydrogen-bond acceptors (Lipinski definition) is 3. The summed E-state index contributed by atoms with van der Waals surface area (Å²) >= 11 is 3.56. The molecular weight excluding hydrogens is 296 g/mol. The quantitative estimate of drug-likeness (QED) is 0.492. The summed E-state index contributed by atoms with van der Waals surface area (Å²) in [5, 5.41) is 10.9. The van der Waals surface area contributed by atoms with Gasteiger partial charge in [-0.05, 0) is 24.1 Å². The summed E-state index contributed by atoms with van der Waals surface area (Å²) in [6, 6.07) is 10.6. The first kappa shape index (κ1) is 12.7. The second kappa shape index (κ2) is 5.73. The van der Waals surface area contributed by atoms with Crippen LogP contribution in [0.1, 0.15) is 16.0 Å². The number of pyridine rings is 1. The summed E-state index contributed by atoms with van der Waals surface area (Å²) < 4.78 is 0. The van der Waals surface area contributed by atoms with Gasteiger partial charge in [-0.25, -0.2) is 0 Å². The van der Waals surface area contributed by atoms with Crippen LogP contribution in [0, 0.1) is 10.1 Å². The van der Waals surface area contributed by atoms with Gasteiger partial charge in [-0.15, -0.1) is 0 Å². The van der Waals surface area contributed by atoms with Crippen molar-refractivity contribution in [3.8, 4) is 0 Å². The van der Waals surface area contributed by atoms with Crippen LogP contribution in [0.5, 0.6) is 0 Å². The zero-order chi connectivity index (χ0) is 13.0. The van der Waals surface area contributed by atoms with Crippen molar-refractivity contribution in [1.29, 1.82) is 0 Å². The van der Waals surface area contributed by atoms with E-state index in [4.69, 9.17) is 0 Å². The van der Waals surface area contributed by atoms with Gasteiger partial charge in [-0.3, -0.25) is 15.1 Å². The SMILES string of the molecule is O=[N+]([O-])c1ccccc1CC(Br)c1ccncc1. The Morgan fingerprint density at radius 2 is 1.89 bits per heavy atom. The molecule has 0 saturated heterocycles. The third-order valence-corrected chi connectivity index (χ3v) is 3.51. The van der Waals surface area contributed by atoms with Gasteiger partial charge in [0.15, 0.2) is 0 Å². The third-order valence-electron chi connectivity index (χ3n) is 2.66. The Morgan fingerprint density at radius 1 is 1.22 bits per heavy atom. The maximum atomic E-state index is 10.9. The van der Waals surface area contributed by atoms with Crippen molar-refractivity contribution in [2.75, 3.05) is 0 Å². The third kappa shape index (κ3) is 2.92. The van der Waals surface area contributed by atoms with E-state index in [1.165, 1.54) is 6.07 Å². The lowest BCUT2D eigenvalue weighted by Crippen LogP contribution is -2.00. The van der Waals surface area contributed by atoms with Crippen molar-refractivity contribution < 1.29 is 4.92 Å². The van der Waals surface area contributed by atoms with Crippen LogP contribution in [0.15, 0.2) is 48.8 Å². The van der Waals surface area contributed by atoms with E-state index < -0.39 is 0 Å². The molecule has 1 aromatic heterocycles. The van der Waals surface area contributed by atoms with Crippen LogP contribution in [-0.2, 0) is 6.42 Å². The van der Waals surface area contributed by atoms with Crippen molar-refractivity contribution in [2.24, 2.45) is 0 Å². The number of benzene rings is 1. The molecule has 0 amide bonds. The Kier molecular flexibility index (Phi) is 4.04. The number of halogens is 1. The Morgan fingerprint density at radius 3 is 2.56 bits per heavy atom. The number of nitro groups is 1. The van der Waals surface area contributed by atoms with Gasteiger partial charge in [0.05, 0.1) is 4.92 Å². The van der Waals surface area contributed by atoms with Crippen LogP contribution in [0.3, 0.4) is 0 Å². The summed E-state index contributed by atoms with van der Waals surface area (Å²) in [5.41, 5.74) is 1.94. The molecule has 0 spiro atoms. The molecule has 1 unspecified atom stereocenters. The second-order valence-electron chi connectivity index (χ2n) is 3.84. The minimum atomic E-state index is -0.346. The highest BCUT2D eigenvalue weighted by molar-refractivity contribution is 9.09. The van der Waals surface area contributed by atoms with Crippen molar-refractivity contribution in [1.82, 2.24) is 4.98 Å². The number of alkyl halides is 1. The number of hydrogen-bond donors (Lipinski definition) is 0. The van der Waals surface area contributed by atoms with Gasteiger partial charge in [-0.2, -0.15) is 0 Å². The lowest BCUT2D eigenvalue weighted by atomic mass is 10.0. The summed E-state index contributed by atoms with van der Waals surface area (Å²) in [7, 11) is 0. The normalized spacial score (nSPS) is 12.1. The number of aromatic nitrogens is 1. The van der Waals surface area contributed by atoms with Gasteiger partial charge in [0.25, 0.3) is 5.69 Å². The molecule has 0 aliphatic rings. The van der Waals surface area contributed by atoms with Gasteiger partial charge in [0.2, 0.25) is 0 Å². The first-order valence-corrected chi connectivity index (χ1v) is 6.36. The first-order chi connectivity index (χ1) is 8.68. The van der Waals surface area contributed by atoms with Crippen LogP contribution < -0.4 is 0 Å². The number of nitrogens with zero attached hydrogens (tertiary/aromatic N) is 2. The van der Waals surface area contributed by atoms with E-state index in [0.29, 0.717) is 6.42 Å². The van der Waals surface area contributed by atoms with Crippen LogP contribution in [0.4, 0.5) is 5.69 Å². The zero-order valence-corrected chi connectivity index (χ0v) is 11.1. The summed E-state index contributed by atoms with van der Waals surface area (Å²) in [5.74, 6) is 0. The molecule has 0 bridgehead atoms. The van der Waals surface area contributed by atoms with Crippen LogP contribution in [0.2, 0.25) is 0 Å². The molecule has 0 saturated carbocycles. The summed E-state index contributed by atoms with van der Waals surface area (Å²) in [6.07, 6.45) is 3.99. The van der Waals surface area contributed by atoms with Gasteiger partial charge >= 0.3 is 0 Å². The fourth-order valence-electron chi connectivity index (χ4n) is 1.74. The molecule has 0 N–H and O–H groups in total. The first-order valence-electron chi connectivity index (χ1n) is 5.45. The van der Waals surface area contributed by atoms with Gasteiger partial charge < -0.3 is 0 Å². The highest BCUT2D eigenvalue weighted by Gasteiger charge is 2.16. The molecule has 1 atom stereocenters. The molecule has 4 nitrogen and oxygen atoms in total. The Labute approximate surface area is 113 Å². The van der Waals surface area contributed by atoms with Crippen LogP contribution in [-0.4, -0.2) is 9.91 Å². The van der Waals surface area contributed by atoms with E-state index in [1.807, 2.05) is 18.2 Å². The van der Waals surface area contributed by atoms with Gasteiger partial charge in [0.1, 0.15) is 0 Å². The lowest BCUT2D eigenvalue weighted by Gasteiger charge is -2.10. The topological polar surface area (TPSA) is 56.0 Å². The van der Waals surface area contributed by atoms with Gasteiger partial charge in [0, 0.05) is 28.9 Å². The Bertz CT molecular complexity index is 546. The van der Waals surface area contributed by atoms with Crippen molar-refractivity contribution in [3.63, 3.8) is 0 Å². The predicted molar refractivity (Wildman–Crippen MR) is 72.7 cm³/mol. The molecule has 0 fully saturated rings. The van der Waals surface area contributed by atoms with Crippen molar-refractivity contribution in [2.45, 2.75) is 11.2 Å². The smallest absolute Gasteiger partial charge is 0.265 e. The molecule has 0 radical (unpaired) electrons. The highest BCUT2D eigenvalue weighted by atomic mass is 79.9. The molecule has 1 aromatic carbocycles. The van der Waals surface area contributed by atoms with Gasteiger partial charge in [-0.1, -0.05) is 34.1 Å². The molecule has 5 heteroatoms. The molecule has 18 heavy (non-hydrogen) atoms. The number of rotatable bonds is 4. The molecule has 0 aliphatic carbocycles. The molecular formula is C13H11BrN2O2. The minimum Gasteiger partial charge on any atom is -0.265 e. The molecule has 92 valence electrons. The molecule has 0 aliphatic heterocycles. The largest absolute Gasteiger partial charge is 0.272 e. The van der Waals surface area contributed by atoms with E-state index in [1.54, 1.807) is 24.5 Å². The lowest BCUT2D eigenvalue weighted by molar-refractivity contribution is -0.385. The molecule has 2 aromatic rings. The summed E-state index contributed by atoms with van der Waals surface area (Å²) in [4.78, 5) is 14.6. The maximum absolute atomic E-state index is 10.9. The van der Waals surface area contributed by atoms with E-state index in [9.17, 15) is 10.1 Å². The molecule has 1 heterocycles. The second-order valence-corrected chi connectivity index (χ2v) is 4.94. The highest BCUT2D eigenvalue weighted by Crippen LogP contribution is 2.30. The average Bonchev–Trinajstić information content (AvgIpc) is 2.40. The summed E-state index contributed by atoms with van der Waals surface area (Å²) in [6.45, 7) is 0. The molecule has 2 rings (SSSR count). The van der Waals surface area contributed by atoms with E-state index in [0.717, 1.165) is 11.1 Å². The van der Waals surface area contributed by atoms with E-state index in [-0.39, 0.29) is 15.4 Å². The number of nitro benzene ring substituents is 1. The standard InChI is InChI=1S/C13H11BrN2O2/c14-12(10-5-7-15-8-6-10)9-11-3-1-2-4-13(11)16(17)18/h1-8,12H,9H2. The van der Waals surface area contributed by atoms with E-state index in [2.05, 4.69) is 20.9 Å². The Hall–Kier alpha value is -1.75. The fourth-order valence-corrected chi connectivity index (χ4v) is 2.40. The maximum Gasteiger partial charge on any atom is 0.272 e. The predicted octanol–water partition coefficient (Wildman–Crippen LogP) is 3.67. The fraction of sp³-hybridized carbons (Fsp3) is 0.154. The van der Waals surface area contributed by atoms with Crippen molar-refractivity contribution in [3.05, 3.63) is 70.0 Å². The van der Waals surface area contributed by atoms with E-state index >= 15 is 0 Å². The average molecular weight is 307 g/mol. The van der Waals surface area contributed by atoms with Crippen LogP contribution in [0.25, 0.3) is 0 Å². The monoisotopic (exact) mass is 306 g/mol. The number of para-hydroxylation sites is 1. The van der Waals surface area contributed by atoms with Crippen molar-refractivity contribution >= 4 is 21.6 Å².